The Balaban J connectivity index is 1.20. The van der Waals surface area contributed by atoms with Crippen molar-refractivity contribution in [2.45, 2.75) is 63.4 Å². The van der Waals surface area contributed by atoms with E-state index in [1.165, 1.54) is 59.9 Å². The van der Waals surface area contributed by atoms with Gasteiger partial charge in [0.15, 0.2) is 0 Å². The number of hydrogen-bond acceptors (Lipinski definition) is 3. The first-order chi connectivity index (χ1) is 20.3. The third-order valence-corrected chi connectivity index (χ3v) is 9.25. The lowest BCUT2D eigenvalue weighted by Gasteiger charge is -2.29. The molecule has 41 heavy (non-hydrogen) atoms. The van der Waals surface area contributed by atoms with Crippen molar-refractivity contribution < 1.29 is 9.47 Å². The van der Waals surface area contributed by atoms with Gasteiger partial charge in [0.2, 0.25) is 0 Å². The molecular weight excluding hydrogens is 504 g/mol. The van der Waals surface area contributed by atoms with Crippen LogP contribution in [0.25, 0.3) is 11.0 Å². The average Bonchev–Trinajstić information content (AvgIpc) is 3.66. The van der Waals surface area contributed by atoms with Crippen molar-refractivity contribution in [1.29, 1.82) is 0 Å². The van der Waals surface area contributed by atoms with Crippen LogP contribution in [0.5, 0.6) is 11.5 Å². The highest BCUT2D eigenvalue weighted by Gasteiger charge is 2.31. The number of aromatic amines is 1. The number of hydrogen-bond donors (Lipinski definition) is 1. The first-order valence-corrected chi connectivity index (χ1v) is 15.2. The van der Waals surface area contributed by atoms with Crippen molar-refractivity contribution in [3.63, 3.8) is 0 Å². The second kappa shape index (κ2) is 11.4. The van der Waals surface area contributed by atoms with Gasteiger partial charge < -0.3 is 14.5 Å². The Kier molecular flexibility index (Phi) is 7.22. The third kappa shape index (κ3) is 5.24. The molecule has 0 amide bonds. The number of methoxy groups -OCH3 is 1. The van der Waals surface area contributed by atoms with Crippen molar-refractivity contribution in [1.82, 2.24) is 9.97 Å². The zero-order chi connectivity index (χ0) is 27.6. The largest absolute Gasteiger partial charge is 0.494 e. The molecule has 0 bridgehead atoms. The SMILES string of the molecule is COc1ccc(C2Cc3ccc(OCc4ccccc4)cc3C2)c2nc(C(c3ccccc3)C3CCCCC3)[nH]c12. The minimum Gasteiger partial charge on any atom is -0.494 e. The van der Waals surface area contributed by atoms with E-state index in [0.29, 0.717) is 18.4 Å². The summed E-state index contributed by atoms with van der Waals surface area (Å²) in [6.07, 6.45) is 8.48. The first kappa shape index (κ1) is 25.9. The monoisotopic (exact) mass is 542 g/mol. The number of nitrogens with zero attached hydrogens (tertiary/aromatic N) is 1. The molecule has 2 aliphatic rings. The van der Waals surface area contributed by atoms with Crippen molar-refractivity contribution >= 4 is 11.0 Å². The fourth-order valence-electron chi connectivity index (χ4n) is 7.18. The molecule has 0 radical (unpaired) electrons. The highest BCUT2D eigenvalue weighted by Crippen LogP contribution is 2.43. The fourth-order valence-corrected chi connectivity index (χ4v) is 7.18. The highest BCUT2D eigenvalue weighted by molar-refractivity contribution is 5.86. The number of aromatic nitrogens is 2. The Morgan fingerprint density at radius 3 is 2.37 bits per heavy atom. The summed E-state index contributed by atoms with van der Waals surface area (Å²) in [5.74, 6) is 4.14. The molecule has 2 aliphatic carbocycles. The lowest BCUT2D eigenvalue weighted by molar-refractivity contribution is 0.306. The number of ether oxygens (including phenoxy) is 2. The van der Waals surface area contributed by atoms with Gasteiger partial charge in [0.25, 0.3) is 0 Å². The van der Waals surface area contributed by atoms with E-state index in [1.807, 2.05) is 6.07 Å². The number of imidazole rings is 1. The number of H-pyrrole nitrogens is 1. The van der Waals surface area contributed by atoms with Crippen LogP contribution in [0.1, 0.15) is 77.6 Å². The topological polar surface area (TPSA) is 47.1 Å². The minimum absolute atomic E-state index is 0.270. The molecule has 5 aromatic rings. The summed E-state index contributed by atoms with van der Waals surface area (Å²) in [7, 11) is 1.76. The van der Waals surface area contributed by atoms with Gasteiger partial charge in [-0.2, -0.15) is 0 Å². The number of rotatable bonds is 8. The van der Waals surface area contributed by atoms with E-state index in [-0.39, 0.29) is 5.92 Å². The van der Waals surface area contributed by atoms with Gasteiger partial charge >= 0.3 is 0 Å². The summed E-state index contributed by atoms with van der Waals surface area (Å²) in [5.41, 5.74) is 8.73. The van der Waals surface area contributed by atoms with Gasteiger partial charge in [-0.05, 0) is 83.5 Å². The van der Waals surface area contributed by atoms with Crippen LogP contribution < -0.4 is 9.47 Å². The fraction of sp³-hybridized carbons (Fsp3) is 0.324. The summed E-state index contributed by atoms with van der Waals surface area (Å²) in [6.45, 7) is 0.585. The third-order valence-electron chi connectivity index (χ3n) is 9.25. The summed E-state index contributed by atoms with van der Waals surface area (Å²) < 4.78 is 12.0. The van der Waals surface area contributed by atoms with Gasteiger partial charge in [-0.25, -0.2) is 4.98 Å². The Morgan fingerprint density at radius 2 is 1.59 bits per heavy atom. The molecule has 2 atom stereocenters. The molecule has 0 saturated heterocycles. The van der Waals surface area contributed by atoms with E-state index in [0.717, 1.165) is 41.2 Å². The molecule has 4 heteroatoms. The molecule has 2 unspecified atom stereocenters. The Morgan fingerprint density at radius 1 is 0.829 bits per heavy atom. The maximum Gasteiger partial charge on any atom is 0.144 e. The van der Waals surface area contributed by atoms with Crippen LogP contribution in [-0.2, 0) is 19.4 Å². The van der Waals surface area contributed by atoms with E-state index in [4.69, 9.17) is 14.5 Å². The molecule has 1 saturated carbocycles. The number of benzene rings is 4. The standard InChI is InChI=1S/C37H38N2O2/c1-40-33-20-19-32(30-21-28-17-18-31(23-29(28)22-30)41-24-25-11-5-2-6-12-25)35-36(33)39-37(38-35)34(26-13-7-3-8-14-26)27-15-9-4-10-16-27/h2-3,5-8,11-14,17-20,23,27,30,34H,4,9-10,15-16,21-22,24H2,1H3,(H,38,39). The van der Waals surface area contributed by atoms with Gasteiger partial charge in [0.1, 0.15) is 29.4 Å². The van der Waals surface area contributed by atoms with Gasteiger partial charge in [-0.1, -0.05) is 92.1 Å². The molecule has 0 aliphatic heterocycles. The molecule has 1 fully saturated rings. The quantitative estimate of drug-likeness (QED) is 0.213. The maximum absolute atomic E-state index is 6.15. The molecule has 4 aromatic carbocycles. The van der Waals surface area contributed by atoms with Crippen molar-refractivity contribution in [2.75, 3.05) is 7.11 Å². The van der Waals surface area contributed by atoms with E-state index in [2.05, 4.69) is 89.9 Å². The van der Waals surface area contributed by atoms with Crippen LogP contribution in [0.15, 0.2) is 91.0 Å². The lowest BCUT2D eigenvalue weighted by Crippen LogP contribution is -2.18. The van der Waals surface area contributed by atoms with Crippen LogP contribution >= 0.6 is 0 Å². The molecule has 208 valence electrons. The van der Waals surface area contributed by atoms with Gasteiger partial charge in [-0.3, -0.25) is 0 Å². The highest BCUT2D eigenvalue weighted by atomic mass is 16.5. The van der Waals surface area contributed by atoms with Crippen molar-refractivity contribution in [3.8, 4) is 11.5 Å². The summed E-state index contributed by atoms with van der Waals surface area (Å²) in [6, 6.07) is 32.3. The summed E-state index contributed by atoms with van der Waals surface area (Å²) in [5, 5.41) is 0. The van der Waals surface area contributed by atoms with Crippen LogP contribution in [0.2, 0.25) is 0 Å². The smallest absolute Gasteiger partial charge is 0.144 e. The number of nitrogens with one attached hydrogen (secondary N) is 1. The minimum atomic E-state index is 0.270. The van der Waals surface area contributed by atoms with E-state index in [9.17, 15) is 0 Å². The molecule has 1 N–H and O–H groups in total. The van der Waals surface area contributed by atoms with Crippen LogP contribution in [0.4, 0.5) is 0 Å². The van der Waals surface area contributed by atoms with Gasteiger partial charge in [-0.15, -0.1) is 0 Å². The van der Waals surface area contributed by atoms with E-state index < -0.39 is 0 Å². The summed E-state index contributed by atoms with van der Waals surface area (Å²) in [4.78, 5) is 9.18. The molecule has 0 spiro atoms. The van der Waals surface area contributed by atoms with E-state index >= 15 is 0 Å². The molecule has 4 nitrogen and oxygen atoms in total. The predicted octanol–water partition coefficient (Wildman–Crippen LogP) is 8.75. The average molecular weight is 543 g/mol. The lowest BCUT2D eigenvalue weighted by atomic mass is 9.76. The Labute approximate surface area is 242 Å². The zero-order valence-electron chi connectivity index (χ0n) is 23.8. The second-order valence-electron chi connectivity index (χ2n) is 11.8. The Bertz CT molecular complexity index is 1620. The first-order valence-electron chi connectivity index (χ1n) is 15.2. The summed E-state index contributed by atoms with van der Waals surface area (Å²) >= 11 is 0. The normalized spacial score (nSPS) is 17.8. The second-order valence-corrected chi connectivity index (χ2v) is 11.8. The van der Waals surface area contributed by atoms with Crippen molar-refractivity contribution in [2.24, 2.45) is 5.92 Å². The van der Waals surface area contributed by atoms with Crippen LogP contribution in [0.3, 0.4) is 0 Å². The van der Waals surface area contributed by atoms with Gasteiger partial charge in [0.05, 0.1) is 12.6 Å². The van der Waals surface area contributed by atoms with E-state index in [1.54, 1.807) is 7.11 Å². The Hall–Kier alpha value is -4.05. The molecular formula is C37H38N2O2. The zero-order valence-corrected chi connectivity index (χ0v) is 23.8. The predicted molar refractivity (Wildman–Crippen MR) is 165 cm³/mol. The molecule has 1 heterocycles. The van der Waals surface area contributed by atoms with Crippen LogP contribution in [0, 0.1) is 5.92 Å². The van der Waals surface area contributed by atoms with Gasteiger partial charge in [0, 0.05) is 5.92 Å². The molecule has 1 aromatic heterocycles. The number of fused-ring (bicyclic) bond motifs is 2. The van der Waals surface area contributed by atoms with Crippen molar-refractivity contribution in [3.05, 3.63) is 125 Å². The molecule has 7 rings (SSSR count). The maximum atomic E-state index is 6.15. The van der Waals surface area contributed by atoms with Crippen LogP contribution in [-0.4, -0.2) is 17.1 Å².